The van der Waals surface area contributed by atoms with Crippen molar-refractivity contribution in [2.24, 2.45) is 5.92 Å². The zero-order valence-electron chi connectivity index (χ0n) is 17.3. The summed E-state index contributed by atoms with van der Waals surface area (Å²) in [5, 5.41) is 11.5. The molecule has 3 aliphatic rings. The van der Waals surface area contributed by atoms with Crippen molar-refractivity contribution in [3.63, 3.8) is 0 Å². The van der Waals surface area contributed by atoms with Crippen LogP contribution >= 0.6 is 0 Å². The van der Waals surface area contributed by atoms with Crippen molar-refractivity contribution in [3.05, 3.63) is 46.8 Å². The molecule has 1 atom stereocenters. The number of nitrogens with zero attached hydrogens (tertiary/aromatic N) is 4. The van der Waals surface area contributed by atoms with Crippen LogP contribution in [0.1, 0.15) is 53.0 Å². The number of ether oxygens (including phenoxy) is 1. The largest absolute Gasteiger partial charge is 0.365 e. The van der Waals surface area contributed by atoms with Gasteiger partial charge in [-0.25, -0.2) is 4.68 Å². The van der Waals surface area contributed by atoms with Gasteiger partial charge < -0.3 is 15.0 Å². The summed E-state index contributed by atoms with van der Waals surface area (Å²) in [5.74, 6) is 0.370. The molecule has 8 nitrogen and oxygen atoms in total. The molecule has 1 aromatic carbocycles. The van der Waals surface area contributed by atoms with Gasteiger partial charge in [0, 0.05) is 18.0 Å². The zero-order valence-corrected chi connectivity index (χ0v) is 17.3. The average molecular weight is 409 g/mol. The minimum atomic E-state index is -0.373. The van der Waals surface area contributed by atoms with Gasteiger partial charge in [-0.3, -0.25) is 9.59 Å². The van der Waals surface area contributed by atoms with Crippen LogP contribution in [0.25, 0.3) is 0 Å². The molecular formula is C22H27N5O3. The minimum absolute atomic E-state index is 0.130. The first kappa shape index (κ1) is 19.2. The van der Waals surface area contributed by atoms with Crippen LogP contribution in [0.15, 0.2) is 24.3 Å². The number of nitrogens with one attached hydrogen (secondary N) is 1. The van der Waals surface area contributed by atoms with E-state index in [1.54, 1.807) is 6.07 Å². The van der Waals surface area contributed by atoms with Crippen LogP contribution in [-0.4, -0.2) is 50.4 Å². The number of benzene rings is 1. The molecule has 2 aliphatic heterocycles. The van der Waals surface area contributed by atoms with E-state index in [0.717, 1.165) is 49.2 Å². The Kier molecular flexibility index (Phi) is 4.81. The predicted octanol–water partition coefficient (Wildman–Crippen LogP) is 1.82. The first-order valence-corrected chi connectivity index (χ1v) is 10.7. The second-order valence-corrected chi connectivity index (χ2v) is 8.80. The van der Waals surface area contributed by atoms with Crippen LogP contribution in [0.2, 0.25) is 0 Å². The van der Waals surface area contributed by atoms with E-state index in [0.29, 0.717) is 31.8 Å². The molecule has 158 valence electrons. The van der Waals surface area contributed by atoms with Crippen molar-refractivity contribution in [2.75, 3.05) is 13.1 Å². The molecule has 1 aromatic heterocycles. The highest BCUT2D eigenvalue weighted by molar-refractivity contribution is 5.94. The number of aromatic nitrogens is 3. The van der Waals surface area contributed by atoms with Crippen LogP contribution in [0.5, 0.6) is 0 Å². The molecule has 1 N–H and O–H groups in total. The Hall–Kier alpha value is -2.74. The first-order valence-electron chi connectivity index (χ1n) is 10.7. The zero-order chi connectivity index (χ0) is 20.7. The molecule has 30 heavy (non-hydrogen) atoms. The maximum absolute atomic E-state index is 12.6. The monoisotopic (exact) mass is 409 g/mol. The topological polar surface area (TPSA) is 89.3 Å². The maximum atomic E-state index is 12.6. The summed E-state index contributed by atoms with van der Waals surface area (Å²) in [6.45, 7) is 4.64. The van der Waals surface area contributed by atoms with E-state index in [2.05, 4.69) is 15.6 Å². The molecule has 0 radical (unpaired) electrons. The summed E-state index contributed by atoms with van der Waals surface area (Å²) >= 11 is 0. The van der Waals surface area contributed by atoms with Gasteiger partial charge in [-0.15, -0.1) is 5.10 Å². The molecule has 3 heterocycles. The van der Waals surface area contributed by atoms with Gasteiger partial charge in [0.1, 0.15) is 11.3 Å². The Morgan fingerprint density at radius 1 is 1.30 bits per heavy atom. The fourth-order valence-corrected chi connectivity index (χ4v) is 4.58. The highest BCUT2D eigenvalue weighted by atomic mass is 16.5. The van der Waals surface area contributed by atoms with Gasteiger partial charge in [0.05, 0.1) is 31.9 Å². The van der Waals surface area contributed by atoms with Gasteiger partial charge in [-0.1, -0.05) is 29.3 Å². The third kappa shape index (κ3) is 3.49. The molecule has 1 aliphatic carbocycles. The molecule has 2 fully saturated rings. The Balaban J connectivity index is 1.22. The number of amides is 2. The Morgan fingerprint density at radius 2 is 2.17 bits per heavy atom. The van der Waals surface area contributed by atoms with Crippen molar-refractivity contribution in [2.45, 2.75) is 57.9 Å². The number of likely N-dealkylation sites (tertiary alicyclic amines) is 1. The van der Waals surface area contributed by atoms with E-state index in [1.165, 1.54) is 0 Å². The number of aryl methyl sites for hydroxylation is 1. The standard InChI is InChI=1S/C22H27N5O3/c1-15-4-2-7-17(10-15)20(28)23-11-18-19-12-30-22(14-27(19)25-24-18)8-9-26(13-22)21(29)16-5-3-6-16/h2,4,7,10,16H,3,5-6,8-9,11-14H2,1H3,(H,23,28). The van der Waals surface area contributed by atoms with E-state index in [-0.39, 0.29) is 23.3 Å². The van der Waals surface area contributed by atoms with Crippen molar-refractivity contribution in [3.8, 4) is 0 Å². The van der Waals surface area contributed by atoms with Crippen LogP contribution < -0.4 is 5.32 Å². The van der Waals surface area contributed by atoms with E-state index < -0.39 is 0 Å². The summed E-state index contributed by atoms with van der Waals surface area (Å²) in [4.78, 5) is 27.0. The molecular weight excluding hydrogens is 382 g/mol. The number of carbonyl (C=O) groups excluding carboxylic acids is 2. The van der Waals surface area contributed by atoms with E-state index in [4.69, 9.17) is 4.74 Å². The van der Waals surface area contributed by atoms with Crippen molar-refractivity contribution in [1.29, 1.82) is 0 Å². The summed E-state index contributed by atoms with van der Waals surface area (Å²) in [6.07, 6.45) is 4.03. The summed E-state index contributed by atoms with van der Waals surface area (Å²) < 4.78 is 8.15. The molecule has 1 saturated heterocycles. The molecule has 1 saturated carbocycles. The molecule has 1 spiro atoms. The third-order valence-corrected chi connectivity index (χ3v) is 6.65. The predicted molar refractivity (Wildman–Crippen MR) is 108 cm³/mol. The molecule has 2 aromatic rings. The van der Waals surface area contributed by atoms with E-state index in [1.807, 2.05) is 34.7 Å². The highest BCUT2D eigenvalue weighted by Crippen LogP contribution is 2.36. The quantitative estimate of drug-likeness (QED) is 0.832. The van der Waals surface area contributed by atoms with E-state index >= 15 is 0 Å². The second kappa shape index (κ2) is 7.50. The van der Waals surface area contributed by atoms with Crippen molar-refractivity contribution in [1.82, 2.24) is 25.2 Å². The fraction of sp³-hybridized carbons (Fsp3) is 0.545. The fourth-order valence-electron chi connectivity index (χ4n) is 4.58. The lowest BCUT2D eigenvalue weighted by Crippen LogP contribution is -2.46. The van der Waals surface area contributed by atoms with Gasteiger partial charge >= 0.3 is 0 Å². The summed E-state index contributed by atoms with van der Waals surface area (Å²) in [5.41, 5.74) is 2.93. The van der Waals surface area contributed by atoms with Crippen LogP contribution in [0, 0.1) is 12.8 Å². The van der Waals surface area contributed by atoms with Crippen LogP contribution in [0.4, 0.5) is 0 Å². The van der Waals surface area contributed by atoms with Crippen molar-refractivity contribution >= 4 is 11.8 Å². The highest BCUT2D eigenvalue weighted by Gasteiger charge is 2.46. The Bertz CT molecular complexity index is 983. The van der Waals surface area contributed by atoms with Gasteiger partial charge in [0.2, 0.25) is 5.91 Å². The smallest absolute Gasteiger partial charge is 0.251 e. The molecule has 5 rings (SSSR count). The van der Waals surface area contributed by atoms with Gasteiger partial charge in [0.25, 0.3) is 5.91 Å². The first-order chi connectivity index (χ1) is 14.5. The molecule has 0 bridgehead atoms. The molecule has 1 unspecified atom stereocenters. The maximum Gasteiger partial charge on any atom is 0.251 e. The van der Waals surface area contributed by atoms with E-state index in [9.17, 15) is 9.59 Å². The number of carbonyl (C=O) groups is 2. The Labute approximate surface area is 175 Å². The van der Waals surface area contributed by atoms with Gasteiger partial charge in [-0.05, 0) is 38.3 Å². The lowest BCUT2D eigenvalue weighted by atomic mass is 9.84. The van der Waals surface area contributed by atoms with Crippen LogP contribution in [0.3, 0.4) is 0 Å². The average Bonchev–Trinajstić information content (AvgIpc) is 3.29. The minimum Gasteiger partial charge on any atom is -0.365 e. The normalized spacial score (nSPS) is 23.3. The second-order valence-electron chi connectivity index (χ2n) is 8.80. The summed E-state index contributed by atoms with van der Waals surface area (Å²) in [6, 6.07) is 7.49. The number of hydrogen-bond donors (Lipinski definition) is 1. The summed E-state index contributed by atoms with van der Waals surface area (Å²) in [7, 11) is 0. The number of hydrogen-bond acceptors (Lipinski definition) is 5. The molecule has 8 heteroatoms. The van der Waals surface area contributed by atoms with Crippen molar-refractivity contribution < 1.29 is 14.3 Å². The third-order valence-electron chi connectivity index (χ3n) is 6.65. The van der Waals surface area contributed by atoms with Crippen LogP contribution in [-0.2, 0) is 29.2 Å². The lowest BCUT2D eigenvalue weighted by Gasteiger charge is -2.35. The SMILES string of the molecule is Cc1cccc(C(=O)NCc2nnn3c2COC2(CCN(C(=O)C4CCC4)C2)C3)c1. The number of fused-ring (bicyclic) bond motifs is 1. The van der Waals surface area contributed by atoms with Gasteiger partial charge in [-0.2, -0.15) is 0 Å². The number of rotatable bonds is 4. The van der Waals surface area contributed by atoms with Gasteiger partial charge in [0.15, 0.2) is 0 Å². The molecule has 2 amide bonds. The lowest BCUT2D eigenvalue weighted by molar-refractivity contribution is -0.140. The Morgan fingerprint density at radius 3 is 2.93 bits per heavy atom.